The van der Waals surface area contributed by atoms with Gasteiger partial charge in [0.15, 0.2) is 0 Å². The summed E-state index contributed by atoms with van der Waals surface area (Å²) in [5, 5.41) is 3.30. The van der Waals surface area contributed by atoms with Crippen LogP contribution in [0.5, 0.6) is 5.75 Å². The lowest BCUT2D eigenvalue weighted by atomic mass is 9.92. The molecule has 0 saturated carbocycles. The Bertz CT molecular complexity index is 794. The number of carbonyl (C=O) groups is 2. The summed E-state index contributed by atoms with van der Waals surface area (Å²) in [6.45, 7) is 1.80. The SMILES string of the molecule is COc1ccc(Cl)cc1CN1C(=O)NC(C)(c2ccccc2)C1=O. The van der Waals surface area contributed by atoms with E-state index >= 15 is 0 Å². The van der Waals surface area contributed by atoms with E-state index in [2.05, 4.69) is 5.32 Å². The lowest BCUT2D eigenvalue weighted by molar-refractivity contribution is -0.131. The number of nitrogens with one attached hydrogen (secondary N) is 1. The zero-order valence-electron chi connectivity index (χ0n) is 13.4. The number of hydrogen-bond acceptors (Lipinski definition) is 3. The van der Waals surface area contributed by atoms with Crippen molar-refractivity contribution in [1.29, 1.82) is 0 Å². The topological polar surface area (TPSA) is 58.6 Å². The third-order valence-corrected chi connectivity index (χ3v) is 4.43. The molecule has 0 spiro atoms. The maximum Gasteiger partial charge on any atom is 0.325 e. The summed E-state index contributed by atoms with van der Waals surface area (Å²) in [6, 6.07) is 13.8. The molecular weight excluding hydrogens is 328 g/mol. The van der Waals surface area contributed by atoms with E-state index in [0.29, 0.717) is 16.3 Å². The monoisotopic (exact) mass is 344 g/mol. The van der Waals surface area contributed by atoms with E-state index in [0.717, 1.165) is 5.56 Å². The van der Waals surface area contributed by atoms with Crippen LogP contribution in [0.15, 0.2) is 48.5 Å². The van der Waals surface area contributed by atoms with Crippen LogP contribution in [0, 0.1) is 0 Å². The lowest BCUT2D eigenvalue weighted by Gasteiger charge is -2.22. The minimum atomic E-state index is -1.08. The highest BCUT2D eigenvalue weighted by atomic mass is 35.5. The highest BCUT2D eigenvalue weighted by molar-refractivity contribution is 6.30. The van der Waals surface area contributed by atoms with Crippen LogP contribution in [0.25, 0.3) is 0 Å². The fourth-order valence-corrected chi connectivity index (χ4v) is 3.04. The number of carbonyl (C=O) groups excluding carboxylic acids is 2. The molecular formula is C18H17ClN2O3. The zero-order valence-corrected chi connectivity index (χ0v) is 14.1. The van der Waals surface area contributed by atoms with Gasteiger partial charge in [-0.1, -0.05) is 41.9 Å². The van der Waals surface area contributed by atoms with Crippen LogP contribution >= 0.6 is 11.6 Å². The number of halogens is 1. The molecule has 3 rings (SSSR count). The average molecular weight is 345 g/mol. The van der Waals surface area contributed by atoms with E-state index < -0.39 is 11.6 Å². The maximum absolute atomic E-state index is 12.9. The molecule has 3 amide bonds. The molecule has 0 radical (unpaired) electrons. The second-order valence-corrected chi connectivity index (χ2v) is 6.21. The first-order valence-electron chi connectivity index (χ1n) is 7.48. The number of urea groups is 1. The summed E-state index contributed by atoms with van der Waals surface area (Å²) >= 11 is 6.02. The normalized spacial score (nSPS) is 20.2. The molecule has 0 bridgehead atoms. The molecule has 2 aromatic carbocycles. The van der Waals surface area contributed by atoms with Crippen molar-refractivity contribution in [1.82, 2.24) is 10.2 Å². The Kier molecular flexibility index (Phi) is 4.20. The van der Waals surface area contributed by atoms with Crippen molar-refractivity contribution >= 4 is 23.5 Å². The van der Waals surface area contributed by atoms with Crippen molar-refractivity contribution in [2.24, 2.45) is 0 Å². The number of imide groups is 1. The van der Waals surface area contributed by atoms with E-state index in [9.17, 15) is 9.59 Å². The maximum atomic E-state index is 12.9. The van der Waals surface area contributed by atoms with Gasteiger partial charge in [-0.25, -0.2) is 4.79 Å². The fourth-order valence-electron chi connectivity index (χ4n) is 2.85. The van der Waals surface area contributed by atoms with Gasteiger partial charge >= 0.3 is 6.03 Å². The molecule has 1 saturated heterocycles. The molecule has 24 heavy (non-hydrogen) atoms. The third-order valence-electron chi connectivity index (χ3n) is 4.20. The first-order valence-corrected chi connectivity index (χ1v) is 7.85. The molecule has 0 aliphatic carbocycles. The van der Waals surface area contributed by atoms with Gasteiger partial charge < -0.3 is 10.1 Å². The molecule has 1 N–H and O–H groups in total. The lowest BCUT2D eigenvalue weighted by Crippen LogP contribution is -2.40. The molecule has 2 aromatic rings. The van der Waals surface area contributed by atoms with Gasteiger partial charge in [0.2, 0.25) is 0 Å². The Morgan fingerprint density at radius 3 is 2.54 bits per heavy atom. The molecule has 5 nitrogen and oxygen atoms in total. The van der Waals surface area contributed by atoms with Crippen LogP contribution in [0.4, 0.5) is 4.79 Å². The van der Waals surface area contributed by atoms with E-state index in [1.807, 2.05) is 30.3 Å². The smallest absolute Gasteiger partial charge is 0.325 e. The summed E-state index contributed by atoms with van der Waals surface area (Å²) in [5.41, 5.74) is 0.333. The van der Waals surface area contributed by atoms with Gasteiger partial charge in [-0.05, 0) is 30.7 Å². The van der Waals surface area contributed by atoms with E-state index in [1.165, 1.54) is 12.0 Å². The van der Waals surface area contributed by atoms with E-state index in [-0.39, 0.29) is 12.5 Å². The molecule has 1 aliphatic rings. The second-order valence-electron chi connectivity index (χ2n) is 5.77. The summed E-state index contributed by atoms with van der Waals surface area (Å²) < 4.78 is 5.29. The van der Waals surface area contributed by atoms with Gasteiger partial charge in [0.05, 0.1) is 13.7 Å². The molecule has 0 aromatic heterocycles. The number of methoxy groups -OCH3 is 1. The van der Waals surface area contributed by atoms with Crippen molar-refractivity contribution in [2.45, 2.75) is 19.0 Å². The Balaban J connectivity index is 1.92. The number of hydrogen-bond donors (Lipinski definition) is 1. The van der Waals surface area contributed by atoms with Gasteiger partial charge in [0.1, 0.15) is 11.3 Å². The van der Waals surface area contributed by atoms with Crippen LogP contribution in [0.1, 0.15) is 18.1 Å². The van der Waals surface area contributed by atoms with Crippen molar-refractivity contribution in [3.63, 3.8) is 0 Å². The quantitative estimate of drug-likeness (QED) is 0.866. The minimum absolute atomic E-state index is 0.0941. The van der Waals surface area contributed by atoms with E-state index in [1.54, 1.807) is 25.1 Å². The van der Waals surface area contributed by atoms with Gasteiger partial charge in [-0.2, -0.15) is 0 Å². The molecule has 124 valence electrons. The predicted octanol–water partition coefficient (Wildman–Crippen LogP) is 3.32. The largest absolute Gasteiger partial charge is 0.496 e. The highest BCUT2D eigenvalue weighted by Crippen LogP contribution is 2.31. The molecule has 1 unspecified atom stereocenters. The number of benzene rings is 2. The average Bonchev–Trinajstić information content (AvgIpc) is 2.80. The van der Waals surface area contributed by atoms with Gasteiger partial charge in [0, 0.05) is 10.6 Å². The van der Waals surface area contributed by atoms with Crippen molar-refractivity contribution < 1.29 is 14.3 Å². The zero-order chi connectivity index (χ0) is 17.3. The first-order chi connectivity index (χ1) is 11.5. The Morgan fingerprint density at radius 2 is 1.88 bits per heavy atom. The predicted molar refractivity (Wildman–Crippen MR) is 90.9 cm³/mol. The van der Waals surface area contributed by atoms with Crippen molar-refractivity contribution in [2.75, 3.05) is 7.11 Å². The van der Waals surface area contributed by atoms with Crippen LogP contribution < -0.4 is 10.1 Å². The number of ether oxygens (including phenoxy) is 1. The number of rotatable bonds is 4. The molecule has 1 fully saturated rings. The first kappa shape index (κ1) is 16.3. The molecule has 1 atom stereocenters. The third kappa shape index (κ3) is 2.71. The molecule has 1 aliphatic heterocycles. The van der Waals surface area contributed by atoms with Crippen molar-refractivity contribution in [3.05, 3.63) is 64.7 Å². The van der Waals surface area contributed by atoms with Crippen LogP contribution in [-0.4, -0.2) is 23.9 Å². The van der Waals surface area contributed by atoms with Gasteiger partial charge in [-0.3, -0.25) is 9.69 Å². The van der Waals surface area contributed by atoms with Crippen LogP contribution in [0.2, 0.25) is 5.02 Å². The number of nitrogens with zero attached hydrogens (tertiary/aromatic N) is 1. The van der Waals surface area contributed by atoms with Crippen LogP contribution in [-0.2, 0) is 16.9 Å². The number of amides is 3. The van der Waals surface area contributed by atoms with Crippen LogP contribution in [0.3, 0.4) is 0 Å². The Labute approximate surface area is 145 Å². The van der Waals surface area contributed by atoms with E-state index in [4.69, 9.17) is 16.3 Å². The Morgan fingerprint density at radius 1 is 1.17 bits per heavy atom. The Hall–Kier alpha value is -2.53. The highest BCUT2D eigenvalue weighted by Gasteiger charge is 2.48. The van der Waals surface area contributed by atoms with Gasteiger partial charge in [-0.15, -0.1) is 0 Å². The van der Waals surface area contributed by atoms with Gasteiger partial charge in [0.25, 0.3) is 5.91 Å². The molecule has 1 heterocycles. The minimum Gasteiger partial charge on any atom is -0.496 e. The standard InChI is InChI=1S/C18H17ClN2O3/c1-18(13-6-4-3-5-7-13)16(22)21(17(23)20-18)11-12-10-14(19)8-9-15(12)24-2/h3-10H,11H2,1-2H3,(H,20,23). The molecule has 6 heteroatoms. The van der Waals surface area contributed by atoms with Crippen molar-refractivity contribution in [3.8, 4) is 5.75 Å². The summed E-state index contributed by atoms with van der Waals surface area (Å²) in [7, 11) is 1.53. The summed E-state index contributed by atoms with van der Waals surface area (Å²) in [4.78, 5) is 26.5. The summed E-state index contributed by atoms with van der Waals surface area (Å²) in [5.74, 6) is 0.272. The summed E-state index contributed by atoms with van der Waals surface area (Å²) in [6.07, 6.45) is 0. The fraction of sp³-hybridized carbons (Fsp3) is 0.222. The second kappa shape index (κ2) is 6.17.